The molecule has 1 fully saturated rings. The molecule has 1 aliphatic rings. The SMILES string of the molecule is C[C@@H](Cn1cccn1)NC(=O)N(Cc1cccs1)C[C@H]1CCCO1. The van der Waals surface area contributed by atoms with Gasteiger partial charge >= 0.3 is 6.03 Å². The fourth-order valence-corrected chi connectivity index (χ4v) is 3.60. The van der Waals surface area contributed by atoms with Crippen molar-refractivity contribution in [2.24, 2.45) is 0 Å². The second-order valence-corrected chi connectivity index (χ2v) is 7.21. The molecule has 3 rings (SSSR count). The van der Waals surface area contributed by atoms with Crippen molar-refractivity contribution in [3.05, 3.63) is 40.8 Å². The van der Waals surface area contributed by atoms with Crippen molar-refractivity contribution in [3.8, 4) is 0 Å². The molecule has 7 heteroatoms. The van der Waals surface area contributed by atoms with Gasteiger partial charge in [-0.25, -0.2) is 4.79 Å². The van der Waals surface area contributed by atoms with Crippen LogP contribution in [0.5, 0.6) is 0 Å². The Hall–Kier alpha value is -1.86. The summed E-state index contributed by atoms with van der Waals surface area (Å²) in [6, 6.07) is 5.93. The summed E-state index contributed by atoms with van der Waals surface area (Å²) < 4.78 is 7.54. The van der Waals surface area contributed by atoms with Crippen LogP contribution in [0.25, 0.3) is 0 Å². The maximum atomic E-state index is 12.7. The Morgan fingerprint density at radius 1 is 1.58 bits per heavy atom. The predicted molar refractivity (Wildman–Crippen MR) is 93.9 cm³/mol. The Morgan fingerprint density at radius 3 is 3.17 bits per heavy atom. The van der Waals surface area contributed by atoms with Crippen LogP contribution in [0.2, 0.25) is 0 Å². The average molecular weight is 348 g/mol. The summed E-state index contributed by atoms with van der Waals surface area (Å²) in [6.07, 6.45) is 5.90. The van der Waals surface area contributed by atoms with Crippen molar-refractivity contribution >= 4 is 17.4 Å². The molecule has 0 saturated carbocycles. The van der Waals surface area contributed by atoms with Crippen LogP contribution in [-0.2, 0) is 17.8 Å². The number of urea groups is 1. The lowest BCUT2D eigenvalue weighted by atomic mass is 10.2. The number of carbonyl (C=O) groups is 1. The lowest BCUT2D eigenvalue weighted by molar-refractivity contribution is 0.0791. The summed E-state index contributed by atoms with van der Waals surface area (Å²) in [7, 11) is 0. The molecule has 2 aromatic rings. The minimum Gasteiger partial charge on any atom is -0.376 e. The van der Waals surface area contributed by atoms with E-state index >= 15 is 0 Å². The van der Waals surface area contributed by atoms with Crippen LogP contribution in [0.3, 0.4) is 0 Å². The minimum atomic E-state index is -0.0430. The monoisotopic (exact) mass is 348 g/mol. The molecule has 24 heavy (non-hydrogen) atoms. The number of aromatic nitrogens is 2. The molecule has 2 amide bonds. The van der Waals surface area contributed by atoms with Gasteiger partial charge in [-0.2, -0.15) is 5.10 Å². The highest BCUT2D eigenvalue weighted by molar-refractivity contribution is 7.09. The van der Waals surface area contributed by atoms with Gasteiger partial charge < -0.3 is 15.0 Å². The molecule has 130 valence electrons. The molecule has 1 aliphatic heterocycles. The summed E-state index contributed by atoms with van der Waals surface area (Å²) >= 11 is 1.67. The van der Waals surface area contributed by atoms with E-state index in [1.807, 2.05) is 40.2 Å². The molecule has 1 saturated heterocycles. The molecule has 0 aromatic carbocycles. The summed E-state index contributed by atoms with van der Waals surface area (Å²) in [5, 5.41) is 9.31. The fourth-order valence-electron chi connectivity index (χ4n) is 2.88. The highest BCUT2D eigenvalue weighted by Crippen LogP contribution is 2.17. The van der Waals surface area contributed by atoms with Gasteiger partial charge in [0.1, 0.15) is 0 Å². The zero-order valence-electron chi connectivity index (χ0n) is 13.9. The Bertz CT molecular complexity index is 609. The standard InChI is InChI=1S/C17H24N4O2S/c1-14(11-21-8-4-7-18-21)19-17(22)20(12-15-5-2-9-23-15)13-16-6-3-10-24-16/h3-4,6-8,10,14-15H,2,5,9,11-13H2,1H3,(H,19,22)/t14-,15+/m0/s1. The second-order valence-electron chi connectivity index (χ2n) is 6.17. The third-order valence-electron chi connectivity index (χ3n) is 4.05. The largest absolute Gasteiger partial charge is 0.376 e. The van der Waals surface area contributed by atoms with Gasteiger partial charge in [0.2, 0.25) is 0 Å². The Labute approximate surface area is 146 Å². The summed E-state index contributed by atoms with van der Waals surface area (Å²) in [6.45, 7) is 4.71. The molecule has 2 aromatic heterocycles. The molecule has 2 atom stereocenters. The number of nitrogens with zero attached hydrogens (tertiary/aromatic N) is 3. The van der Waals surface area contributed by atoms with Crippen LogP contribution in [0.15, 0.2) is 36.0 Å². The summed E-state index contributed by atoms with van der Waals surface area (Å²) in [4.78, 5) is 15.8. The average Bonchev–Trinajstić information content (AvgIpc) is 3.30. The second kappa shape index (κ2) is 8.30. The normalized spacial score (nSPS) is 18.5. The number of amides is 2. The van der Waals surface area contributed by atoms with Gasteiger partial charge in [0.15, 0.2) is 0 Å². The molecule has 3 heterocycles. The van der Waals surface area contributed by atoms with E-state index in [-0.39, 0.29) is 18.2 Å². The first-order chi connectivity index (χ1) is 11.7. The molecule has 1 N–H and O–H groups in total. The Morgan fingerprint density at radius 2 is 2.50 bits per heavy atom. The maximum Gasteiger partial charge on any atom is 0.318 e. The van der Waals surface area contributed by atoms with Crippen LogP contribution in [0.1, 0.15) is 24.6 Å². The van der Waals surface area contributed by atoms with Crippen LogP contribution >= 0.6 is 11.3 Å². The number of thiophene rings is 1. The highest BCUT2D eigenvalue weighted by Gasteiger charge is 2.24. The fraction of sp³-hybridized carbons (Fsp3) is 0.529. The highest BCUT2D eigenvalue weighted by atomic mass is 32.1. The van der Waals surface area contributed by atoms with Gasteiger partial charge in [-0.1, -0.05) is 6.07 Å². The molecule has 0 radical (unpaired) electrons. The topological polar surface area (TPSA) is 59.4 Å². The number of hydrogen-bond acceptors (Lipinski definition) is 4. The van der Waals surface area contributed by atoms with Gasteiger partial charge in [-0.3, -0.25) is 4.68 Å². The van der Waals surface area contributed by atoms with Crippen molar-refractivity contribution in [1.29, 1.82) is 0 Å². The third kappa shape index (κ3) is 4.82. The molecule has 0 unspecified atom stereocenters. The smallest absolute Gasteiger partial charge is 0.318 e. The maximum absolute atomic E-state index is 12.7. The van der Waals surface area contributed by atoms with Crippen molar-refractivity contribution in [3.63, 3.8) is 0 Å². The summed E-state index contributed by atoms with van der Waals surface area (Å²) in [5.74, 6) is 0. The van der Waals surface area contributed by atoms with E-state index in [0.29, 0.717) is 19.6 Å². The van der Waals surface area contributed by atoms with Crippen LogP contribution in [-0.4, -0.2) is 46.0 Å². The predicted octanol–water partition coefficient (Wildman–Crippen LogP) is 2.72. The van der Waals surface area contributed by atoms with Gasteiger partial charge in [0, 0.05) is 36.5 Å². The van der Waals surface area contributed by atoms with E-state index in [0.717, 1.165) is 19.4 Å². The van der Waals surface area contributed by atoms with E-state index < -0.39 is 0 Å². The first-order valence-electron chi connectivity index (χ1n) is 8.37. The van der Waals surface area contributed by atoms with E-state index in [1.165, 1.54) is 4.88 Å². The van der Waals surface area contributed by atoms with Crippen LogP contribution < -0.4 is 5.32 Å². The number of carbonyl (C=O) groups excluding carboxylic acids is 1. The number of ether oxygens (including phenoxy) is 1. The van der Waals surface area contributed by atoms with E-state index in [2.05, 4.69) is 16.5 Å². The molecular formula is C17H24N4O2S. The Kier molecular flexibility index (Phi) is 5.87. The first kappa shape index (κ1) is 17.0. The molecular weight excluding hydrogens is 324 g/mol. The molecule has 0 aliphatic carbocycles. The van der Waals surface area contributed by atoms with E-state index in [4.69, 9.17) is 4.74 Å². The Balaban J connectivity index is 1.58. The van der Waals surface area contributed by atoms with Gasteiger partial charge in [-0.05, 0) is 37.3 Å². The molecule has 6 nitrogen and oxygen atoms in total. The van der Waals surface area contributed by atoms with Gasteiger partial charge in [-0.15, -0.1) is 11.3 Å². The quantitative estimate of drug-likeness (QED) is 0.837. The van der Waals surface area contributed by atoms with Crippen molar-refractivity contribution in [2.75, 3.05) is 13.2 Å². The molecule has 0 bridgehead atoms. The van der Waals surface area contributed by atoms with Gasteiger partial charge in [0.05, 0.1) is 19.2 Å². The van der Waals surface area contributed by atoms with Gasteiger partial charge in [0.25, 0.3) is 0 Å². The summed E-state index contributed by atoms with van der Waals surface area (Å²) in [5.41, 5.74) is 0. The number of nitrogens with one attached hydrogen (secondary N) is 1. The molecule has 0 spiro atoms. The minimum absolute atomic E-state index is 0.00716. The van der Waals surface area contributed by atoms with E-state index in [9.17, 15) is 4.79 Å². The lowest BCUT2D eigenvalue weighted by Gasteiger charge is -2.27. The zero-order chi connectivity index (χ0) is 16.8. The van der Waals surface area contributed by atoms with Crippen molar-refractivity contribution in [2.45, 2.75) is 45.0 Å². The first-order valence-corrected chi connectivity index (χ1v) is 9.25. The van der Waals surface area contributed by atoms with Crippen LogP contribution in [0, 0.1) is 0 Å². The van der Waals surface area contributed by atoms with Crippen molar-refractivity contribution in [1.82, 2.24) is 20.0 Å². The zero-order valence-corrected chi connectivity index (χ0v) is 14.7. The number of hydrogen-bond donors (Lipinski definition) is 1. The van der Waals surface area contributed by atoms with Crippen molar-refractivity contribution < 1.29 is 9.53 Å². The lowest BCUT2D eigenvalue weighted by Crippen LogP contribution is -2.47. The van der Waals surface area contributed by atoms with E-state index in [1.54, 1.807) is 17.5 Å². The van der Waals surface area contributed by atoms with Crippen LogP contribution in [0.4, 0.5) is 4.79 Å². The number of rotatable bonds is 7. The third-order valence-corrected chi connectivity index (χ3v) is 4.91.